The summed E-state index contributed by atoms with van der Waals surface area (Å²) in [5.41, 5.74) is 1.35. The Bertz CT molecular complexity index is 842. The van der Waals surface area contributed by atoms with Gasteiger partial charge in [0.25, 0.3) is 0 Å². The van der Waals surface area contributed by atoms with Gasteiger partial charge >= 0.3 is 0 Å². The van der Waals surface area contributed by atoms with Crippen LogP contribution >= 0.6 is 15.9 Å². The second-order valence-corrected chi connectivity index (χ2v) is 7.15. The minimum absolute atomic E-state index is 0.0581. The quantitative estimate of drug-likeness (QED) is 0.215. The fourth-order valence-corrected chi connectivity index (χ4v) is 3.13. The molecule has 0 saturated heterocycles. The van der Waals surface area contributed by atoms with Gasteiger partial charge in [0, 0.05) is 16.0 Å². The fraction of sp³-hybridized carbons (Fsp3) is 0.368. The lowest BCUT2D eigenvalue weighted by atomic mass is 9.92. The van der Waals surface area contributed by atoms with E-state index in [1.54, 1.807) is 23.1 Å². The molecule has 1 atom stereocenters. The molecule has 1 heterocycles. The Morgan fingerprint density at radius 1 is 1.42 bits per heavy atom. The van der Waals surface area contributed by atoms with E-state index in [2.05, 4.69) is 26.0 Å². The van der Waals surface area contributed by atoms with Crippen molar-refractivity contribution < 1.29 is 14.3 Å². The van der Waals surface area contributed by atoms with Gasteiger partial charge in [-0.1, -0.05) is 15.9 Å². The predicted molar refractivity (Wildman–Crippen MR) is 99.7 cm³/mol. The summed E-state index contributed by atoms with van der Waals surface area (Å²) in [4.78, 5) is 29.8. The predicted octanol–water partition coefficient (Wildman–Crippen LogP) is 3.73. The maximum absolute atomic E-state index is 13.2. The maximum atomic E-state index is 13.2. The standard InChI is InChI=1S/C19H20BrN3O3/c1-3-26-9-17(18(24)13-4-5-13)19(25)15-7-6-14(20)8-16(15)12(2)23-11-21-10-22-23/h6-13H,3-5H2,1-2H3. The number of carbonyl (C=O) groups excluding carboxylic acids is 2. The third-order valence-electron chi connectivity index (χ3n) is 4.37. The number of hydrogen-bond donors (Lipinski definition) is 0. The Balaban J connectivity index is 2.01. The molecule has 1 unspecified atom stereocenters. The molecule has 1 aliphatic carbocycles. The van der Waals surface area contributed by atoms with Crippen LogP contribution in [0.1, 0.15) is 48.7 Å². The molecule has 1 fully saturated rings. The van der Waals surface area contributed by atoms with E-state index >= 15 is 0 Å². The summed E-state index contributed by atoms with van der Waals surface area (Å²) >= 11 is 3.46. The molecule has 6 nitrogen and oxygen atoms in total. The summed E-state index contributed by atoms with van der Waals surface area (Å²) in [5, 5.41) is 4.16. The van der Waals surface area contributed by atoms with Crippen LogP contribution < -0.4 is 0 Å². The molecular weight excluding hydrogens is 398 g/mol. The Labute approximate surface area is 160 Å². The summed E-state index contributed by atoms with van der Waals surface area (Å²) in [6.07, 6.45) is 6.03. The highest BCUT2D eigenvalue weighted by molar-refractivity contribution is 9.10. The van der Waals surface area contributed by atoms with Gasteiger partial charge in [-0.2, -0.15) is 5.10 Å². The number of ketones is 2. The van der Waals surface area contributed by atoms with Gasteiger partial charge in [0.15, 0.2) is 11.6 Å². The number of nitrogens with zero attached hydrogens (tertiary/aromatic N) is 3. The molecule has 0 N–H and O–H groups in total. The van der Waals surface area contributed by atoms with Gasteiger partial charge in [0.1, 0.15) is 18.2 Å². The molecule has 2 aromatic rings. The average Bonchev–Trinajstić information content (AvgIpc) is 3.35. The molecule has 26 heavy (non-hydrogen) atoms. The Morgan fingerprint density at radius 2 is 2.19 bits per heavy atom. The summed E-state index contributed by atoms with van der Waals surface area (Å²) in [5.74, 6) is -0.507. The topological polar surface area (TPSA) is 74.1 Å². The van der Waals surface area contributed by atoms with E-state index in [9.17, 15) is 9.59 Å². The highest BCUT2D eigenvalue weighted by Gasteiger charge is 2.36. The van der Waals surface area contributed by atoms with E-state index in [0.717, 1.165) is 22.9 Å². The Morgan fingerprint density at radius 3 is 2.81 bits per heavy atom. The first-order chi connectivity index (χ1) is 12.5. The molecule has 7 heteroatoms. The number of aromatic nitrogens is 3. The zero-order valence-electron chi connectivity index (χ0n) is 14.7. The zero-order valence-corrected chi connectivity index (χ0v) is 16.3. The van der Waals surface area contributed by atoms with Crippen molar-refractivity contribution in [3.8, 4) is 0 Å². The van der Waals surface area contributed by atoms with E-state index in [0.29, 0.717) is 12.2 Å². The highest BCUT2D eigenvalue weighted by atomic mass is 79.9. The molecule has 0 amide bonds. The van der Waals surface area contributed by atoms with Crippen LogP contribution in [0.25, 0.3) is 0 Å². The Kier molecular flexibility index (Phi) is 5.66. The molecule has 3 rings (SSSR count). The second kappa shape index (κ2) is 7.95. The van der Waals surface area contributed by atoms with Crippen molar-refractivity contribution in [2.24, 2.45) is 5.92 Å². The highest BCUT2D eigenvalue weighted by Crippen LogP contribution is 2.34. The third-order valence-corrected chi connectivity index (χ3v) is 4.86. The number of hydrogen-bond acceptors (Lipinski definition) is 5. The number of ether oxygens (including phenoxy) is 1. The molecule has 0 spiro atoms. The molecule has 1 saturated carbocycles. The van der Waals surface area contributed by atoms with Gasteiger partial charge in [-0.15, -0.1) is 0 Å². The minimum Gasteiger partial charge on any atom is -0.501 e. The van der Waals surface area contributed by atoms with Gasteiger partial charge in [-0.3, -0.25) is 9.59 Å². The smallest absolute Gasteiger partial charge is 0.200 e. The number of allylic oxidation sites excluding steroid dienone is 1. The Hall–Kier alpha value is -2.28. The van der Waals surface area contributed by atoms with Crippen LogP contribution in [0.3, 0.4) is 0 Å². The molecule has 136 valence electrons. The number of rotatable bonds is 8. The SMILES string of the molecule is CCOC=C(C(=O)c1ccc(Br)cc1C(C)n1cncn1)C(=O)C1CC1. The first kappa shape index (κ1) is 18.5. The lowest BCUT2D eigenvalue weighted by molar-refractivity contribution is -0.116. The summed E-state index contributed by atoms with van der Waals surface area (Å²) in [7, 11) is 0. The molecule has 1 aromatic heterocycles. The molecule has 1 aliphatic rings. The van der Waals surface area contributed by atoms with Crippen molar-refractivity contribution in [2.45, 2.75) is 32.7 Å². The zero-order chi connectivity index (χ0) is 18.7. The van der Waals surface area contributed by atoms with Crippen LogP contribution in [-0.2, 0) is 9.53 Å². The van der Waals surface area contributed by atoms with Crippen molar-refractivity contribution in [3.63, 3.8) is 0 Å². The van der Waals surface area contributed by atoms with E-state index in [1.165, 1.54) is 12.6 Å². The monoisotopic (exact) mass is 417 g/mol. The molecule has 0 radical (unpaired) electrons. The molecule has 0 bridgehead atoms. The van der Waals surface area contributed by atoms with Crippen LogP contribution in [0.15, 0.2) is 47.2 Å². The van der Waals surface area contributed by atoms with Gasteiger partial charge in [-0.25, -0.2) is 9.67 Å². The number of halogens is 1. The molecular formula is C19H20BrN3O3. The minimum atomic E-state index is -0.315. The normalized spacial score (nSPS) is 15.6. The lowest BCUT2D eigenvalue weighted by Gasteiger charge is -2.17. The van der Waals surface area contributed by atoms with E-state index in [4.69, 9.17) is 4.74 Å². The van der Waals surface area contributed by atoms with Crippen molar-refractivity contribution in [3.05, 3.63) is 58.3 Å². The number of benzene rings is 1. The second-order valence-electron chi connectivity index (χ2n) is 6.24. The van der Waals surface area contributed by atoms with Gasteiger partial charge in [0.2, 0.25) is 0 Å². The van der Waals surface area contributed by atoms with Crippen LogP contribution in [0, 0.1) is 5.92 Å². The van der Waals surface area contributed by atoms with Crippen molar-refractivity contribution >= 4 is 27.5 Å². The van der Waals surface area contributed by atoms with Gasteiger partial charge in [0.05, 0.1) is 18.9 Å². The first-order valence-corrected chi connectivity index (χ1v) is 9.36. The van der Waals surface area contributed by atoms with Crippen LogP contribution in [0.5, 0.6) is 0 Å². The lowest BCUT2D eigenvalue weighted by Crippen LogP contribution is -2.19. The molecule has 1 aromatic carbocycles. The number of Topliss-reactive ketones (excluding diaryl/α,β-unsaturated/α-hetero) is 2. The van der Waals surface area contributed by atoms with Crippen LogP contribution in [-0.4, -0.2) is 32.9 Å². The van der Waals surface area contributed by atoms with Crippen LogP contribution in [0.4, 0.5) is 0 Å². The van der Waals surface area contributed by atoms with Crippen LogP contribution in [0.2, 0.25) is 0 Å². The summed E-state index contributed by atoms with van der Waals surface area (Å²) in [6, 6.07) is 5.19. The largest absolute Gasteiger partial charge is 0.501 e. The summed E-state index contributed by atoms with van der Waals surface area (Å²) in [6.45, 7) is 4.15. The summed E-state index contributed by atoms with van der Waals surface area (Å²) < 4.78 is 7.81. The van der Waals surface area contributed by atoms with Gasteiger partial charge < -0.3 is 4.74 Å². The third kappa shape index (κ3) is 3.93. The van der Waals surface area contributed by atoms with Crippen molar-refractivity contribution in [2.75, 3.05) is 6.61 Å². The van der Waals surface area contributed by atoms with Crippen molar-refractivity contribution in [1.29, 1.82) is 0 Å². The average molecular weight is 418 g/mol. The first-order valence-electron chi connectivity index (χ1n) is 8.57. The van der Waals surface area contributed by atoms with E-state index < -0.39 is 0 Å². The van der Waals surface area contributed by atoms with E-state index in [-0.39, 0.29) is 29.1 Å². The number of carbonyl (C=O) groups is 2. The van der Waals surface area contributed by atoms with Gasteiger partial charge in [-0.05, 0) is 50.5 Å². The van der Waals surface area contributed by atoms with Crippen molar-refractivity contribution in [1.82, 2.24) is 14.8 Å². The maximum Gasteiger partial charge on any atom is 0.200 e. The fourth-order valence-electron chi connectivity index (χ4n) is 2.75. The van der Waals surface area contributed by atoms with E-state index in [1.807, 2.05) is 19.9 Å². The molecule has 0 aliphatic heterocycles.